The van der Waals surface area contributed by atoms with Crippen LogP contribution in [0.1, 0.15) is 11.1 Å². The van der Waals surface area contributed by atoms with Gasteiger partial charge in [-0.25, -0.2) is 0 Å². The molecular formula is C14H13Cl2NO. The molecule has 2 aromatic rings. The number of hydrogen-bond acceptors (Lipinski definition) is 2. The molecule has 4 heteroatoms. The van der Waals surface area contributed by atoms with Crippen LogP contribution in [0.4, 0.5) is 0 Å². The number of phenols is 1. The average molecular weight is 282 g/mol. The Balaban J connectivity index is 1.99. The number of halogens is 2. The van der Waals surface area contributed by atoms with Crippen LogP contribution in [-0.2, 0) is 13.1 Å². The summed E-state index contributed by atoms with van der Waals surface area (Å²) in [5, 5.41) is 14.2. The molecule has 0 unspecified atom stereocenters. The van der Waals surface area contributed by atoms with Gasteiger partial charge in [-0.15, -0.1) is 0 Å². The van der Waals surface area contributed by atoms with Crippen LogP contribution in [0.3, 0.4) is 0 Å². The molecule has 0 radical (unpaired) electrons. The maximum Gasteiger partial charge on any atom is 0.121 e. The van der Waals surface area contributed by atoms with Crippen molar-refractivity contribution in [3.8, 4) is 5.75 Å². The van der Waals surface area contributed by atoms with E-state index in [1.807, 2.05) is 24.3 Å². The van der Waals surface area contributed by atoms with E-state index in [1.165, 1.54) is 0 Å². The Morgan fingerprint density at radius 2 is 1.61 bits per heavy atom. The molecule has 0 bridgehead atoms. The lowest BCUT2D eigenvalue weighted by atomic mass is 10.2. The van der Waals surface area contributed by atoms with Crippen molar-refractivity contribution in [1.29, 1.82) is 0 Å². The van der Waals surface area contributed by atoms with Crippen LogP contribution in [0.25, 0.3) is 0 Å². The quantitative estimate of drug-likeness (QED) is 0.888. The van der Waals surface area contributed by atoms with E-state index in [4.69, 9.17) is 23.2 Å². The fourth-order valence-electron chi connectivity index (χ4n) is 1.69. The molecule has 0 aromatic heterocycles. The number of benzene rings is 2. The zero-order valence-corrected chi connectivity index (χ0v) is 11.2. The third-order valence-electron chi connectivity index (χ3n) is 2.67. The summed E-state index contributed by atoms with van der Waals surface area (Å²) in [5.41, 5.74) is 1.72. The van der Waals surface area contributed by atoms with Gasteiger partial charge in [0.25, 0.3) is 0 Å². The van der Waals surface area contributed by atoms with Gasteiger partial charge < -0.3 is 10.4 Å². The highest BCUT2D eigenvalue weighted by molar-refractivity contribution is 6.31. The van der Waals surface area contributed by atoms with Crippen LogP contribution in [0.5, 0.6) is 5.75 Å². The average Bonchev–Trinajstić information content (AvgIpc) is 2.35. The highest BCUT2D eigenvalue weighted by Crippen LogP contribution is 2.25. The molecule has 2 nitrogen and oxygen atoms in total. The van der Waals surface area contributed by atoms with E-state index in [1.54, 1.807) is 18.2 Å². The summed E-state index contributed by atoms with van der Waals surface area (Å²) in [6.45, 7) is 1.13. The number of nitrogens with one attached hydrogen (secondary N) is 1. The second-order valence-corrected chi connectivity index (χ2v) is 4.75. The van der Waals surface area contributed by atoms with Crippen molar-refractivity contribution in [3.63, 3.8) is 0 Å². The third kappa shape index (κ3) is 3.16. The standard InChI is InChI=1S/C14H13Cl2NO/c15-12-5-2-1-4-10(12)8-17-9-11-13(16)6-3-7-14(11)18/h1-7,17-18H,8-9H2. The maximum atomic E-state index is 9.69. The van der Waals surface area contributed by atoms with Crippen molar-refractivity contribution in [2.45, 2.75) is 13.1 Å². The third-order valence-corrected chi connectivity index (χ3v) is 3.39. The Bertz CT molecular complexity index is 523. The predicted octanol–water partition coefficient (Wildman–Crippen LogP) is 3.99. The summed E-state index contributed by atoms with van der Waals surface area (Å²) in [7, 11) is 0. The lowest BCUT2D eigenvalue weighted by Crippen LogP contribution is -2.13. The van der Waals surface area contributed by atoms with E-state index in [-0.39, 0.29) is 5.75 Å². The first-order chi connectivity index (χ1) is 8.68. The summed E-state index contributed by atoms with van der Waals surface area (Å²) in [5.74, 6) is 0.203. The Labute approximate surface area is 116 Å². The predicted molar refractivity (Wildman–Crippen MR) is 75.1 cm³/mol. The van der Waals surface area contributed by atoms with Crippen LogP contribution >= 0.6 is 23.2 Å². The number of hydrogen-bond donors (Lipinski definition) is 2. The van der Waals surface area contributed by atoms with Crippen molar-refractivity contribution in [1.82, 2.24) is 5.32 Å². The molecule has 0 atom stereocenters. The summed E-state index contributed by atoms with van der Waals surface area (Å²) < 4.78 is 0. The Morgan fingerprint density at radius 1 is 0.889 bits per heavy atom. The summed E-state index contributed by atoms with van der Waals surface area (Å²) in [6, 6.07) is 12.7. The summed E-state index contributed by atoms with van der Waals surface area (Å²) in [6.07, 6.45) is 0. The minimum absolute atomic E-state index is 0.203. The monoisotopic (exact) mass is 281 g/mol. The minimum atomic E-state index is 0.203. The van der Waals surface area contributed by atoms with E-state index >= 15 is 0 Å². The van der Waals surface area contributed by atoms with Crippen molar-refractivity contribution < 1.29 is 5.11 Å². The Morgan fingerprint density at radius 3 is 2.33 bits per heavy atom. The molecule has 0 spiro atoms. The molecule has 0 aliphatic heterocycles. The number of aromatic hydroxyl groups is 1. The van der Waals surface area contributed by atoms with Crippen LogP contribution in [0.15, 0.2) is 42.5 Å². The first-order valence-electron chi connectivity index (χ1n) is 5.59. The second kappa shape index (κ2) is 6.10. The SMILES string of the molecule is Oc1cccc(Cl)c1CNCc1ccccc1Cl. The van der Waals surface area contributed by atoms with Crippen LogP contribution in [0.2, 0.25) is 10.0 Å². The molecule has 94 valence electrons. The van der Waals surface area contributed by atoms with E-state index < -0.39 is 0 Å². The zero-order valence-electron chi connectivity index (χ0n) is 9.66. The lowest BCUT2D eigenvalue weighted by Gasteiger charge is -2.09. The van der Waals surface area contributed by atoms with Gasteiger partial charge >= 0.3 is 0 Å². The molecular weight excluding hydrogens is 269 g/mol. The first-order valence-corrected chi connectivity index (χ1v) is 6.34. The molecule has 2 aromatic carbocycles. The summed E-state index contributed by atoms with van der Waals surface area (Å²) >= 11 is 12.1. The van der Waals surface area contributed by atoms with E-state index in [9.17, 15) is 5.11 Å². The topological polar surface area (TPSA) is 32.3 Å². The van der Waals surface area contributed by atoms with Gasteiger partial charge in [0.15, 0.2) is 0 Å². The Kier molecular flexibility index (Phi) is 4.48. The van der Waals surface area contributed by atoms with Crippen molar-refractivity contribution in [2.75, 3.05) is 0 Å². The van der Waals surface area contributed by atoms with Gasteiger partial charge in [0.05, 0.1) is 0 Å². The molecule has 0 fully saturated rings. The lowest BCUT2D eigenvalue weighted by molar-refractivity contribution is 0.464. The molecule has 0 saturated carbocycles. The normalized spacial score (nSPS) is 10.6. The van der Waals surface area contributed by atoms with Gasteiger partial charge in [-0.1, -0.05) is 47.5 Å². The van der Waals surface area contributed by atoms with Crippen molar-refractivity contribution in [2.24, 2.45) is 0 Å². The molecule has 0 amide bonds. The fraction of sp³-hybridized carbons (Fsp3) is 0.143. The van der Waals surface area contributed by atoms with Crippen LogP contribution in [-0.4, -0.2) is 5.11 Å². The van der Waals surface area contributed by atoms with Gasteiger partial charge in [0.1, 0.15) is 5.75 Å². The van der Waals surface area contributed by atoms with Crippen molar-refractivity contribution in [3.05, 3.63) is 63.6 Å². The highest BCUT2D eigenvalue weighted by Gasteiger charge is 2.05. The number of phenolic OH excluding ortho intramolecular Hbond substituents is 1. The molecule has 18 heavy (non-hydrogen) atoms. The summed E-state index contributed by atoms with van der Waals surface area (Å²) in [4.78, 5) is 0. The number of rotatable bonds is 4. The first kappa shape index (κ1) is 13.2. The minimum Gasteiger partial charge on any atom is -0.508 e. The molecule has 0 aliphatic carbocycles. The van der Waals surface area contributed by atoms with E-state index in [0.717, 1.165) is 10.6 Å². The Hall–Kier alpha value is -1.22. The van der Waals surface area contributed by atoms with Gasteiger partial charge in [-0.2, -0.15) is 0 Å². The molecule has 2 rings (SSSR count). The molecule has 0 aliphatic rings. The van der Waals surface area contributed by atoms with E-state index in [0.29, 0.717) is 23.7 Å². The van der Waals surface area contributed by atoms with Gasteiger partial charge in [-0.3, -0.25) is 0 Å². The second-order valence-electron chi connectivity index (χ2n) is 3.93. The maximum absolute atomic E-state index is 9.69. The van der Waals surface area contributed by atoms with Crippen LogP contribution in [0, 0.1) is 0 Å². The zero-order chi connectivity index (χ0) is 13.0. The highest BCUT2D eigenvalue weighted by atomic mass is 35.5. The van der Waals surface area contributed by atoms with E-state index in [2.05, 4.69) is 5.32 Å². The molecule has 0 saturated heterocycles. The van der Waals surface area contributed by atoms with Gasteiger partial charge in [0, 0.05) is 28.7 Å². The van der Waals surface area contributed by atoms with Gasteiger partial charge in [-0.05, 0) is 23.8 Å². The largest absolute Gasteiger partial charge is 0.508 e. The smallest absolute Gasteiger partial charge is 0.121 e. The molecule has 0 heterocycles. The van der Waals surface area contributed by atoms with Gasteiger partial charge in [0.2, 0.25) is 0 Å². The fourth-order valence-corrected chi connectivity index (χ4v) is 2.13. The van der Waals surface area contributed by atoms with Crippen molar-refractivity contribution >= 4 is 23.2 Å². The van der Waals surface area contributed by atoms with Crippen LogP contribution < -0.4 is 5.32 Å². The molecule has 2 N–H and O–H groups in total.